The molecule has 0 fully saturated rings. The molecule has 0 radical (unpaired) electrons. The van der Waals surface area contributed by atoms with Crippen molar-refractivity contribution >= 4 is 22.8 Å². The first-order valence-corrected chi connectivity index (χ1v) is 5.91. The van der Waals surface area contributed by atoms with E-state index in [1.165, 1.54) is 6.33 Å². The molecule has 0 saturated carbocycles. The predicted molar refractivity (Wildman–Crippen MR) is 72.4 cm³/mol. The first-order chi connectivity index (χ1) is 9.74. The molecule has 100 valence electrons. The van der Waals surface area contributed by atoms with Gasteiger partial charge in [0.1, 0.15) is 11.3 Å². The number of fused-ring (bicyclic) bond motifs is 1. The molecule has 0 amide bonds. The minimum Gasteiger partial charge on any atom is -0.485 e. The molecule has 0 spiro atoms. The van der Waals surface area contributed by atoms with E-state index in [9.17, 15) is 4.79 Å². The van der Waals surface area contributed by atoms with Crippen LogP contribution >= 0.6 is 0 Å². The molecule has 2 heterocycles. The van der Waals surface area contributed by atoms with Gasteiger partial charge in [0.25, 0.3) is 0 Å². The number of hydrogen-bond donors (Lipinski definition) is 2. The van der Waals surface area contributed by atoms with Crippen molar-refractivity contribution in [2.24, 2.45) is 0 Å². The fraction of sp³-hybridized carbons (Fsp3) is 0.0769. The Hall–Kier alpha value is -2.96. The number of Topliss-reactive ketones (excluding diaryl/α,β-unsaturated/α-hetero) is 1. The molecule has 0 unspecified atom stereocenters. The van der Waals surface area contributed by atoms with Crippen molar-refractivity contribution < 1.29 is 9.53 Å². The first-order valence-electron chi connectivity index (χ1n) is 5.91. The lowest BCUT2D eigenvalue weighted by atomic mass is 10.3. The van der Waals surface area contributed by atoms with Gasteiger partial charge in [-0.15, -0.1) is 0 Å². The Kier molecular flexibility index (Phi) is 3.00. The van der Waals surface area contributed by atoms with Gasteiger partial charge in [0.2, 0.25) is 11.6 Å². The van der Waals surface area contributed by atoms with Gasteiger partial charge >= 0.3 is 0 Å². The van der Waals surface area contributed by atoms with E-state index in [1.54, 1.807) is 12.1 Å². The highest BCUT2D eigenvalue weighted by Crippen LogP contribution is 2.14. The lowest BCUT2D eigenvalue weighted by Crippen LogP contribution is -2.16. The number of nitrogen functional groups attached to an aromatic ring is 1. The smallest absolute Gasteiger partial charge is 0.237 e. The molecule has 0 aliphatic rings. The second-order valence-electron chi connectivity index (χ2n) is 4.06. The molecule has 7 nitrogen and oxygen atoms in total. The number of ether oxygens (including phenoxy) is 1. The van der Waals surface area contributed by atoms with Crippen LogP contribution in [0.4, 0.5) is 5.82 Å². The van der Waals surface area contributed by atoms with Crippen LogP contribution < -0.4 is 10.5 Å². The third kappa shape index (κ3) is 2.28. The number of nitrogens with two attached hydrogens (primary N) is 1. The van der Waals surface area contributed by atoms with E-state index in [-0.39, 0.29) is 24.0 Å². The monoisotopic (exact) mass is 269 g/mol. The van der Waals surface area contributed by atoms with Gasteiger partial charge < -0.3 is 15.5 Å². The summed E-state index contributed by atoms with van der Waals surface area (Å²) in [6.07, 6.45) is 1.45. The molecular formula is C13H11N5O2. The molecule has 3 aromatic rings. The Bertz CT molecular complexity index is 754. The summed E-state index contributed by atoms with van der Waals surface area (Å²) in [7, 11) is 0. The van der Waals surface area contributed by atoms with Gasteiger partial charge in [-0.1, -0.05) is 18.2 Å². The molecular weight excluding hydrogens is 258 g/mol. The second kappa shape index (κ2) is 4.96. The fourth-order valence-corrected chi connectivity index (χ4v) is 1.71. The number of benzene rings is 1. The van der Waals surface area contributed by atoms with Crippen molar-refractivity contribution in [2.45, 2.75) is 0 Å². The largest absolute Gasteiger partial charge is 0.485 e. The normalized spacial score (nSPS) is 10.6. The van der Waals surface area contributed by atoms with E-state index >= 15 is 0 Å². The van der Waals surface area contributed by atoms with Crippen molar-refractivity contribution in [3.63, 3.8) is 0 Å². The summed E-state index contributed by atoms with van der Waals surface area (Å²) in [5.41, 5.74) is 6.60. The van der Waals surface area contributed by atoms with Gasteiger partial charge in [-0.2, -0.15) is 0 Å². The lowest BCUT2D eigenvalue weighted by Gasteiger charge is -2.04. The van der Waals surface area contributed by atoms with Crippen LogP contribution in [0.3, 0.4) is 0 Å². The number of para-hydroxylation sites is 1. The minimum atomic E-state index is -0.350. The van der Waals surface area contributed by atoms with Crippen LogP contribution in [-0.2, 0) is 0 Å². The number of H-pyrrole nitrogens is 1. The molecule has 20 heavy (non-hydrogen) atoms. The van der Waals surface area contributed by atoms with Crippen LogP contribution in [0, 0.1) is 0 Å². The average molecular weight is 269 g/mol. The number of hydrogen-bond acceptors (Lipinski definition) is 6. The number of imidazole rings is 1. The summed E-state index contributed by atoms with van der Waals surface area (Å²) in [5, 5.41) is 0. The SMILES string of the molecule is Nc1nc(C(=O)COc2ccccc2)nc2[nH]cnc12. The number of rotatable bonds is 4. The summed E-state index contributed by atoms with van der Waals surface area (Å²) in [5.74, 6) is 0.433. The van der Waals surface area contributed by atoms with Crippen molar-refractivity contribution in [2.75, 3.05) is 12.3 Å². The van der Waals surface area contributed by atoms with Crippen LogP contribution in [0.2, 0.25) is 0 Å². The Morgan fingerprint density at radius 1 is 1.25 bits per heavy atom. The van der Waals surface area contributed by atoms with Crippen molar-refractivity contribution in [3.8, 4) is 5.75 Å². The van der Waals surface area contributed by atoms with Crippen molar-refractivity contribution in [3.05, 3.63) is 42.5 Å². The highest BCUT2D eigenvalue weighted by atomic mass is 16.5. The fourth-order valence-electron chi connectivity index (χ4n) is 1.71. The Balaban J connectivity index is 1.78. The van der Waals surface area contributed by atoms with Gasteiger partial charge in [0.15, 0.2) is 18.1 Å². The summed E-state index contributed by atoms with van der Waals surface area (Å²) >= 11 is 0. The number of anilines is 1. The molecule has 0 saturated heterocycles. The molecule has 0 bridgehead atoms. The van der Waals surface area contributed by atoms with Gasteiger partial charge in [0.05, 0.1) is 6.33 Å². The van der Waals surface area contributed by atoms with E-state index in [0.717, 1.165) is 0 Å². The minimum absolute atomic E-state index is 0.00943. The topological polar surface area (TPSA) is 107 Å². The number of aromatic nitrogens is 4. The number of nitrogens with one attached hydrogen (secondary N) is 1. The van der Waals surface area contributed by atoms with Crippen LogP contribution in [0.1, 0.15) is 10.6 Å². The Labute approximate surface area is 113 Å². The zero-order valence-electron chi connectivity index (χ0n) is 10.4. The maximum absolute atomic E-state index is 12.0. The summed E-state index contributed by atoms with van der Waals surface area (Å²) in [4.78, 5) is 26.8. The molecule has 7 heteroatoms. The molecule has 0 aliphatic carbocycles. The zero-order chi connectivity index (χ0) is 13.9. The van der Waals surface area contributed by atoms with Crippen molar-refractivity contribution in [1.29, 1.82) is 0 Å². The van der Waals surface area contributed by atoms with Gasteiger partial charge in [0, 0.05) is 0 Å². The summed E-state index contributed by atoms with van der Waals surface area (Å²) < 4.78 is 5.36. The van der Waals surface area contributed by atoms with Crippen LogP contribution in [0.5, 0.6) is 5.75 Å². The maximum Gasteiger partial charge on any atom is 0.237 e. The van der Waals surface area contributed by atoms with E-state index in [1.807, 2.05) is 18.2 Å². The molecule has 3 rings (SSSR count). The zero-order valence-corrected chi connectivity index (χ0v) is 10.4. The standard InChI is InChI=1S/C13H11N5O2/c14-11-10-13(16-7-15-10)18-12(17-11)9(19)6-20-8-4-2-1-3-5-8/h1-5,7H,6H2,(H3,14,15,16,17,18). The van der Waals surface area contributed by atoms with Gasteiger partial charge in [-0.25, -0.2) is 15.0 Å². The van der Waals surface area contributed by atoms with E-state index in [2.05, 4.69) is 19.9 Å². The summed E-state index contributed by atoms with van der Waals surface area (Å²) in [6, 6.07) is 9.04. The Morgan fingerprint density at radius 2 is 2.05 bits per heavy atom. The third-order valence-electron chi connectivity index (χ3n) is 2.67. The van der Waals surface area contributed by atoms with Crippen LogP contribution in [0.15, 0.2) is 36.7 Å². The van der Waals surface area contributed by atoms with Crippen molar-refractivity contribution in [1.82, 2.24) is 19.9 Å². The molecule has 0 aliphatic heterocycles. The average Bonchev–Trinajstić information content (AvgIpc) is 2.95. The van der Waals surface area contributed by atoms with Gasteiger partial charge in [-0.05, 0) is 12.1 Å². The molecule has 1 aromatic carbocycles. The number of nitrogens with zero attached hydrogens (tertiary/aromatic N) is 3. The maximum atomic E-state index is 12.0. The highest BCUT2D eigenvalue weighted by molar-refractivity contribution is 5.96. The summed E-state index contributed by atoms with van der Waals surface area (Å²) in [6.45, 7) is -0.150. The third-order valence-corrected chi connectivity index (χ3v) is 2.67. The number of carbonyl (C=O) groups excluding carboxylic acids is 1. The number of carbonyl (C=O) groups is 1. The quantitative estimate of drug-likeness (QED) is 0.689. The number of ketones is 1. The molecule has 3 N–H and O–H groups in total. The second-order valence-corrected chi connectivity index (χ2v) is 4.06. The van der Waals surface area contributed by atoms with E-state index < -0.39 is 0 Å². The molecule has 2 aromatic heterocycles. The van der Waals surface area contributed by atoms with E-state index in [0.29, 0.717) is 16.9 Å². The van der Waals surface area contributed by atoms with Gasteiger partial charge in [-0.3, -0.25) is 4.79 Å². The number of aromatic amines is 1. The predicted octanol–water partition coefficient (Wildman–Crippen LogP) is 1.20. The molecule has 0 atom stereocenters. The van der Waals surface area contributed by atoms with Crippen LogP contribution in [-0.4, -0.2) is 32.3 Å². The Morgan fingerprint density at radius 3 is 2.85 bits per heavy atom. The lowest BCUT2D eigenvalue weighted by molar-refractivity contribution is 0.0911. The first kappa shape index (κ1) is 12.1. The van der Waals surface area contributed by atoms with E-state index in [4.69, 9.17) is 10.5 Å². The highest BCUT2D eigenvalue weighted by Gasteiger charge is 2.14. The van der Waals surface area contributed by atoms with Crippen LogP contribution in [0.25, 0.3) is 11.2 Å².